The number of allylic oxidation sites excluding steroid dienone is 1. The Labute approximate surface area is 146 Å². The number of ether oxygens (including phenoxy) is 1. The molecule has 0 saturated carbocycles. The predicted octanol–water partition coefficient (Wildman–Crippen LogP) is 5.71. The van der Waals surface area contributed by atoms with E-state index in [9.17, 15) is 26.7 Å². The smallest absolute Gasteiger partial charge is 0.409 e. The van der Waals surface area contributed by atoms with Crippen LogP contribution in [0.25, 0.3) is 6.08 Å². The molecule has 2 aromatic carbocycles. The van der Waals surface area contributed by atoms with E-state index in [4.69, 9.17) is 4.74 Å². The Morgan fingerprint density at radius 2 is 1.65 bits per heavy atom. The summed E-state index contributed by atoms with van der Waals surface area (Å²) in [6, 6.07) is 7.85. The molecular formula is C19H15F5O2. The molecule has 26 heavy (non-hydrogen) atoms. The van der Waals surface area contributed by atoms with Gasteiger partial charge < -0.3 is 4.74 Å². The maximum absolute atomic E-state index is 13.8. The van der Waals surface area contributed by atoms with Gasteiger partial charge in [-0.25, -0.2) is 13.6 Å². The van der Waals surface area contributed by atoms with Crippen molar-refractivity contribution in [3.63, 3.8) is 0 Å². The molecule has 0 aliphatic carbocycles. The van der Waals surface area contributed by atoms with Gasteiger partial charge in [-0.15, -0.1) is 0 Å². The second-order valence-corrected chi connectivity index (χ2v) is 5.51. The zero-order valence-corrected chi connectivity index (χ0v) is 13.7. The molecule has 7 heteroatoms. The maximum Gasteiger partial charge on any atom is 0.409 e. The first-order valence-corrected chi connectivity index (χ1v) is 7.75. The molecule has 0 fully saturated rings. The van der Waals surface area contributed by atoms with E-state index >= 15 is 0 Å². The Hall–Kier alpha value is -2.70. The Morgan fingerprint density at radius 1 is 1.08 bits per heavy atom. The summed E-state index contributed by atoms with van der Waals surface area (Å²) in [5.41, 5.74) is 0.347. The van der Waals surface area contributed by atoms with Crippen LogP contribution in [0.4, 0.5) is 22.0 Å². The minimum Gasteiger partial charge on any atom is -0.423 e. The number of esters is 1. The van der Waals surface area contributed by atoms with Crippen LogP contribution in [0.2, 0.25) is 0 Å². The summed E-state index contributed by atoms with van der Waals surface area (Å²) < 4.78 is 68.9. The van der Waals surface area contributed by atoms with Gasteiger partial charge in [0, 0.05) is 23.8 Å². The van der Waals surface area contributed by atoms with Crippen LogP contribution in [-0.4, -0.2) is 12.1 Å². The van der Waals surface area contributed by atoms with E-state index in [0.717, 1.165) is 18.4 Å². The van der Waals surface area contributed by atoms with Crippen LogP contribution in [0.15, 0.2) is 42.5 Å². The van der Waals surface area contributed by atoms with E-state index in [1.54, 1.807) is 12.1 Å². The molecule has 0 spiro atoms. The normalized spacial score (nSPS) is 11.8. The van der Waals surface area contributed by atoms with E-state index in [-0.39, 0.29) is 17.7 Å². The number of benzene rings is 2. The van der Waals surface area contributed by atoms with Crippen molar-refractivity contribution in [2.24, 2.45) is 0 Å². The van der Waals surface area contributed by atoms with Gasteiger partial charge in [0.15, 0.2) is 0 Å². The van der Waals surface area contributed by atoms with E-state index in [1.807, 2.05) is 6.92 Å². The summed E-state index contributed by atoms with van der Waals surface area (Å²) in [5.74, 6) is -3.81. The molecule has 2 aromatic rings. The Kier molecular flexibility index (Phi) is 6.13. The molecule has 0 bridgehead atoms. The highest BCUT2D eigenvalue weighted by atomic mass is 19.4. The van der Waals surface area contributed by atoms with Crippen molar-refractivity contribution >= 4 is 12.0 Å². The number of hydrogen-bond donors (Lipinski definition) is 0. The number of carbonyl (C=O) groups excluding carboxylic acids is 1. The molecule has 0 unspecified atom stereocenters. The van der Waals surface area contributed by atoms with Crippen LogP contribution in [0.5, 0.6) is 5.75 Å². The summed E-state index contributed by atoms with van der Waals surface area (Å²) in [5, 5.41) is 0. The van der Waals surface area contributed by atoms with E-state index in [2.05, 4.69) is 0 Å². The Morgan fingerprint density at radius 3 is 2.15 bits per heavy atom. The minimum atomic E-state index is -4.70. The van der Waals surface area contributed by atoms with E-state index in [0.29, 0.717) is 12.1 Å². The quantitative estimate of drug-likeness (QED) is 0.383. The highest BCUT2D eigenvalue weighted by Gasteiger charge is 2.23. The number of rotatable bonds is 5. The Bertz CT molecular complexity index is 785. The topological polar surface area (TPSA) is 26.3 Å². The lowest BCUT2D eigenvalue weighted by molar-refractivity contribution is -0.0790. The molecule has 0 radical (unpaired) electrons. The SMILES string of the molecule is CCCc1ccc(C(=O)Oc2cc(F)c(/C=C/C(F)(F)F)c(F)c2)cc1. The van der Waals surface area contributed by atoms with Gasteiger partial charge in [-0.3, -0.25) is 0 Å². The number of carbonyl (C=O) groups is 1. The molecule has 2 rings (SSSR count). The van der Waals surface area contributed by atoms with Crippen LogP contribution in [0.1, 0.15) is 34.8 Å². The van der Waals surface area contributed by atoms with Crippen molar-refractivity contribution in [3.05, 3.63) is 70.8 Å². The third kappa shape index (κ3) is 5.40. The molecule has 0 aromatic heterocycles. The van der Waals surface area contributed by atoms with Crippen molar-refractivity contribution < 1.29 is 31.5 Å². The lowest BCUT2D eigenvalue weighted by Gasteiger charge is -2.08. The summed E-state index contributed by atoms with van der Waals surface area (Å²) in [4.78, 5) is 12.0. The van der Waals surface area contributed by atoms with Crippen molar-refractivity contribution in [3.8, 4) is 5.75 Å². The van der Waals surface area contributed by atoms with Crippen molar-refractivity contribution in [1.82, 2.24) is 0 Å². The summed E-state index contributed by atoms with van der Waals surface area (Å²) >= 11 is 0. The number of halogens is 5. The van der Waals surface area contributed by atoms with Gasteiger partial charge in [0.2, 0.25) is 0 Å². The van der Waals surface area contributed by atoms with E-state index in [1.165, 1.54) is 12.1 Å². The zero-order valence-electron chi connectivity index (χ0n) is 13.7. The fourth-order valence-corrected chi connectivity index (χ4v) is 2.22. The lowest BCUT2D eigenvalue weighted by Crippen LogP contribution is -2.09. The van der Waals surface area contributed by atoms with E-state index < -0.39 is 35.1 Å². The van der Waals surface area contributed by atoms with Crippen LogP contribution < -0.4 is 4.74 Å². The van der Waals surface area contributed by atoms with Gasteiger partial charge in [-0.05, 0) is 30.2 Å². The van der Waals surface area contributed by atoms with Crippen LogP contribution in [-0.2, 0) is 6.42 Å². The number of hydrogen-bond acceptors (Lipinski definition) is 2. The molecule has 0 aliphatic rings. The maximum atomic E-state index is 13.8. The first-order chi connectivity index (χ1) is 12.2. The van der Waals surface area contributed by atoms with Gasteiger partial charge in [0.1, 0.15) is 17.4 Å². The van der Waals surface area contributed by atoms with Crippen molar-refractivity contribution in [2.75, 3.05) is 0 Å². The third-order valence-electron chi connectivity index (χ3n) is 3.43. The second-order valence-electron chi connectivity index (χ2n) is 5.51. The minimum absolute atomic E-state index is 0.187. The highest BCUT2D eigenvalue weighted by Crippen LogP contribution is 2.25. The monoisotopic (exact) mass is 370 g/mol. The van der Waals surface area contributed by atoms with Crippen LogP contribution >= 0.6 is 0 Å². The molecular weight excluding hydrogens is 355 g/mol. The summed E-state index contributed by atoms with van der Waals surface area (Å²) in [7, 11) is 0. The van der Waals surface area contributed by atoms with Crippen LogP contribution in [0.3, 0.4) is 0 Å². The zero-order chi connectivity index (χ0) is 19.3. The Balaban J connectivity index is 2.17. The molecule has 0 saturated heterocycles. The molecule has 0 heterocycles. The van der Waals surface area contributed by atoms with Gasteiger partial charge in [-0.2, -0.15) is 13.2 Å². The molecule has 138 valence electrons. The molecule has 2 nitrogen and oxygen atoms in total. The van der Waals surface area contributed by atoms with Crippen molar-refractivity contribution in [2.45, 2.75) is 25.9 Å². The number of aryl methyl sites for hydroxylation is 1. The second kappa shape index (κ2) is 8.12. The largest absolute Gasteiger partial charge is 0.423 e. The first kappa shape index (κ1) is 19.6. The van der Waals surface area contributed by atoms with Gasteiger partial charge in [-0.1, -0.05) is 25.5 Å². The fourth-order valence-electron chi connectivity index (χ4n) is 2.22. The van der Waals surface area contributed by atoms with Gasteiger partial charge in [0.05, 0.1) is 5.56 Å². The summed E-state index contributed by atoms with van der Waals surface area (Å²) in [6.07, 6.45) is -2.91. The van der Waals surface area contributed by atoms with Crippen LogP contribution in [0, 0.1) is 11.6 Å². The average Bonchev–Trinajstić information content (AvgIpc) is 2.54. The molecule has 0 atom stereocenters. The van der Waals surface area contributed by atoms with Crippen molar-refractivity contribution in [1.29, 1.82) is 0 Å². The molecule has 0 N–H and O–H groups in total. The molecule has 0 amide bonds. The third-order valence-corrected chi connectivity index (χ3v) is 3.43. The van der Waals surface area contributed by atoms with Gasteiger partial charge in [0.25, 0.3) is 0 Å². The standard InChI is InChI=1S/C19H15F5O2/c1-2-3-12-4-6-13(7-5-12)18(25)26-14-10-16(20)15(17(21)11-14)8-9-19(22,23)24/h4-11H,2-3H2,1H3/b9-8+. The lowest BCUT2D eigenvalue weighted by atomic mass is 10.1. The fraction of sp³-hybridized carbons (Fsp3) is 0.211. The first-order valence-electron chi connectivity index (χ1n) is 7.75. The van der Waals surface area contributed by atoms with Gasteiger partial charge >= 0.3 is 12.1 Å². The highest BCUT2D eigenvalue weighted by molar-refractivity contribution is 5.91. The average molecular weight is 370 g/mol. The summed E-state index contributed by atoms with van der Waals surface area (Å²) in [6.45, 7) is 2.01. The number of alkyl halides is 3. The predicted molar refractivity (Wildman–Crippen MR) is 86.8 cm³/mol. The molecule has 0 aliphatic heterocycles.